The Morgan fingerprint density at radius 3 is 2.36 bits per heavy atom. The zero-order valence-electron chi connectivity index (χ0n) is 14.6. The Hall–Kier alpha value is -3.93. The molecule has 0 radical (unpaired) electrons. The highest BCUT2D eigenvalue weighted by Gasteiger charge is 2.14. The average molecular weight is 371 g/mol. The van der Waals surface area contributed by atoms with Crippen molar-refractivity contribution in [3.8, 4) is 16.9 Å². The second-order valence-electron chi connectivity index (χ2n) is 6.59. The van der Waals surface area contributed by atoms with E-state index in [0.29, 0.717) is 17.0 Å². The highest BCUT2D eigenvalue weighted by Crippen LogP contribution is 2.23. The highest BCUT2D eigenvalue weighted by atomic mass is 19.1. The molecular weight excluding hydrogens is 357 g/mol. The quantitative estimate of drug-likeness (QED) is 0.493. The lowest BCUT2D eigenvalue weighted by Gasteiger charge is -2.04. The van der Waals surface area contributed by atoms with Crippen molar-refractivity contribution in [1.82, 2.24) is 14.8 Å². The summed E-state index contributed by atoms with van der Waals surface area (Å²) in [5.41, 5.74) is 1.36. The van der Waals surface area contributed by atoms with Crippen molar-refractivity contribution < 1.29 is 4.39 Å². The summed E-state index contributed by atoms with van der Waals surface area (Å²) < 4.78 is 14.4. The SMILES string of the molecule is O=c1cc(-c2ccc3ccccc3c2)[nH]c2[nH]n(-c3ccc(F)cc3)c(=O)c12. The Balaban J connectivity index is 1.70. The first kappa shape index (κ1) is 16.3. The van der Waals surface area contributed by atoms with Crippen molar-refractivity contribution in [2.24, 2.45) is 0 Å². The molecule has 0 bridgehead atoms. The number of rotatable bonds is 2. The van der Waals surface area contributed by atoms with Gasteiger partial charge in [0.2, 0.25) is 0 Å². The molecule has 2 heterocycles. The van der Waals surface area contributed by atoms with Crippen LogP contribution in [0.2, 0.25) is 0 Å². The molecule has 5 rings (SSSR count). The summed E-state index contributed by atoms with van der Waals surface area (Å²) in [5.74, 6) is -0.400. The Labute approximate surface area is 157 Å². The fraction of sp³-hybridized carbons (Fsp3) is 0. The summed E-state index contributed by atoms with van der Waals surface area (Å²) in [6.07, 6.45) is 0. The molecule has 0 amide bonds. The number of benzene rings is 3. The van der Waals surface area contributed by atoms with Crippen molar-refractivity contribution in [2.75, 3.05) is 0 Å². The van der Waals surface area contributed by atoms with Crippen LogP contribution in [0.1, 0.15) is 0 Å². The third-order valence-corrected chi connectivity index (χ3v) is 4.82. The second-order valence-corrected chi connectivity index (χ2v) is 6.59. The number of aromatic nitrogens is 3. The van der Waals surface area contributed by atoms with Gasteiger partial charge in [-0.05, 0) is 46.7 Å². The summed E-state index contributed by atoms with van der Waals surface area (Å²) in [6, 6.07) is 20.7. The van der Waals surface area contributed by atoms with E-state index in [-0.39, 0.29) is 10.8 Å². The van der Waals surface area contributed by atoms with Crippen LogP contribution < -0.4 is 11.0 Å². The molecule has 2 aromatic heterocycles. The molecule has 0 unspecified atom stereocenters. The van der Waals surface area contributed by atoms with Gasteiger partial charge in [-0.25, -0.2) is 9.07 Å². The summed E-state index contributed by atoms with van der Waals surface area (Å²) >= 11 is 0. The molecular formula is C22H14FN3O2. The summed E-state index contributed by atoms with van der Waals surface area (Å²) in [6.45, 7) is 0. The molecule has 6 heteroatoms. The molecule has 2 N–H and O–H groups in total. The monoisotopic (exact) mass is 371 g/mol. The van der Waals surface area contributed by atoms with E-state index < -0.39 is 11.4 Å². The normalized spacial score (nSPS) is 11.3. The molecule has 28 heavy (non-hydrogen) atoms. The van der Waals surface area contributed by atoms with E-state index in [9.17, 15) is 14.0 Å². The van der Waals surface area contributed by atoms with Gasteiger partial charge in [-0.3, -0.25) is 14.7 Å². The molecule has 3 aromatic carbocycles. The van der Waals surface area contributed by atoms with E-state index in [4.69, 9.17) is 0 Å². The number of H-pyrrole nitrogens is 2. The van der Waals surface area contributed by atoms with Gasteiger partial charge < -0.3 is 4.98 Å². The number of nitrogens with zero attached hydrogens (tertiary/aromatic N) is 1. The third-order valence-electron chi connectivity index (χ3n) is 4.82. The lowest BCUT2D eigenvalue weighted by molar-refractivity contribution is 0.627. The molecule has 0 atom stereocenters. The van der Waals surface area contributed by atoms with Gasteiger partial charge >= 0.3 is 0 Å². The Kier molecular flexibility index (Phi) is 3.52. The Morgan fingerprint density at radius 1 is 0.821 bits per heavy atom. The third kappa shape index (κ3) is 2.54. The topological polar surface area (TPSA) is 70.7 Å². The first-order chi connectivity index (χ1) is 13.6. The molecule has 5 aromatic rings. The predicted octanol–water partition coefficient (Wildman–Crippen LogP) is 3.97. The first-order valence-electron chi connectivity index (χ1n) is 8.73. The average Bonchev–Trinajstić information content (AvgIpc) is 3.05. The van der Waals surface area contributed by atoms with Crippen molar-refractivity contribution in [2.45, 2.75) is 0 Å². The number of halogens is 1. The van der Waals surface area contributed by atoms with E-state index in [1.165, 1.54) is 35.0 Å². The van der Waals surface area contributed by atoms with E-state index in [1.807, 2.05) is 42.5 Å². The van der Waals surface area contributed by atoms with Crippen LogP contribution in [0.25, 0.3) is 38.8 Å². The predicted molar refractivity (Wildman–Crippen MR) is 107 cm³/mol. The van der Waals surface area contributed by atoms with E-state index in [2.05, 4.69) is 10.1 Å². The van der Waals surface area contributed by atoms with Crippen molar-refractivity contribution >= 4 is 21.8 Å². The Morgan fingerprint density at radius 2 is 1.57 bits per heavy atom. The smallest absolute Gasteiger partial charge is 0.284 e. The van der Waals surface area contributed by atoms with Gasteiger partial charge in [-0.15, -0.1) is 0 Å². The summed E-state index contributed by atoms with van der Waals surface area (Å²) in [7, 11) is 0. The van der Waals surface area contributed by atoms with Gasteiger partial charge in [0.05, 0.1) is 11.4 Å². The minimum Gasteiger partial charge on any atom is -0.339 e. The minimum absolute atomic E-state index is 0.0360. The van der Waals surface area contributed by atoms with Gasteiger partial charge in [0, 0.05) is 6.07 Å². The number of pyridine rings is 1. The lowest BCUT2D eigenvalue weighted by Crippen LogP contribution is -2.18. The fourth-order valence-electron chi connectivity index (χ4n) is 3.41. The highest BCUT2D eigenvalue weighted by molar-refractivity contribution is 5.87. The van der Waals surface area contributed by atoms with E-state index in [0.717, 1.165) is 16.3 Å². The Bertz CT molecular complexity index is 1460. The molecule has 0 spiro atoms. The summed E-state index contributed by atoms with van der Waals surface area (Å²) in [5, 5.41) is 5.11. The van der Waals surface area contributed by atoms with Crippen LogP contribution in [0, 0.1) is 5.82 Å². The zero-order valence-corrected chi connectivity index (χ0v) is 14.6. The maximum atomic E-state index is 13.2. The van der Waals surface area contributed by atoms with Crippen LogP contribution >= 0.6 is 0 Å². The molecule has 0 saturated heterocycles. The second kappa shape index (κ2) is 6.06. The number of nitrogens with one attached hydrogen (secondary N) is 2. The van der Waals surface area contributed by atoms with Gasteiger partial charge in [0.15, 0.2) is 5.43 Å². The van der Waals surface area contributed by atoms with Gasteiger partial charge in [0.25, 0.3) is 5.56 Å². The molecule has 0 aliphatic rings. The van der Waals surface area contributed by atoms with Crippen LogP contribution in [0.5, 0.6) is 0 Å². The standard InChI is InChI=1S/C22H14FN3O2/c23-16-7-9-17(10-8-16)26-22(28)20-19(27)12-18(24-21(20)25-26)15-6-5-13-3-1-2-4-14(13)11-15/h1-12H,(H2,24,25,27). The van der Waals surface area contributed by atoms with Gasteiger partial charge in [-0.1, -0.05) is 36.4 Å². The molecule has 0 aliphatic heterocycles. The number of hydrogen-bond acceptors (Lipinski definition) is 2. The maximum absolute atomic E-state index is 13.2. The first-order valence-corrected chi connectivity index (χ1v) is 8.73. The van der Waals surface area contributed by atoms with E-state index >= 15 is 0 Å². The van der Waals surface area contributed by atoms with Crippen LogP contribution in [0.3, 0.4) is 0 Å². The van der Waals surface area contributed by atoms with Crippen LogP contribution in [-0.2, 0) is 0 Å². The fourth-order valence-corrected chi connectivity index (χ4v) is 3.41. The number of aromatic amines is 2. The minimum atomic E-state index is -0.479. The molecule has 0 fully saturated rings. The van der Waals surface area contributed by atoms with Gasteiger partial charge in [-0.2, -0.15) is 0 Å². The van der Waals surface area contributed by atoms with Crippen LogP contribution in [0.4, 0.5) is 4.39 Å². The van der Waals surface area contributed by atoms with Crippen molar-refractivity contribution in [3.63, 3.8) is 0 Å². The molecule has 136 valence electrons. The molecule has 0 aliphatic carbocycles. The van der Waals surface area contributed by atoms with Crippen LogP contribution in [0.15, 0.2) is 82.4 Å². The molecule has 0 saturated carbocycles. The lowest BCUT2D eigenvalue weighted by atomic mass is 10.0. The summed E-state index contributed by atoms with van der Waals surface area (Å²) in [4.78, 5) is 28.5. The molecule has 5 nitrogen and oxygen atoms in total. The maximum Gasteiger partial charge on any atom is 0.284 e. The van der Waals surface area contributed by atoms with Crippen molar-refractivity contribution in [3.05, 3.63) is 99.2 Å². The van der Waals surface area contributed by atoms with Crippen molar-refractivity contribution in [1.29, 1.82) is 0 Å². The zero-order chi connectivity index (χ0) is 19.3. The van der Waals surface area contributed by atoms with Crippen LogP contribution in [-0.4, -0.2) is 14.8 Å². The number of hydrogen-bond donors (Lipinski definition) is 2. The number of fused-ring (bicyclic) bond motifs is 2. The largest absolute Gasteiger partial charge is 0.339 e. The van der Waals surface area contributed by atoms with Gasteiger partial charge in [0.1, 0.15) is 16.9 Å². The van der Waals surface area contributed by atoms with E-state index in [1.54, 1.807) is 0 Å².